The Kier molecular flexibility index (Phi) is 10.7. The van der Waals surface area contributed by atoms with Crippen molar-refractivity contribution < 1.29 is 9.18 Å². The van der Waals surface area contributed by atoms with Crippen molar-refractivity contribution in [1.82, 2.24) is 5.32 Å². The lowest BCUT2D eigenvalue weighted by Crippen LogP contribution is -2.54. The number of rotatable bonds is 9. The van der Waals surface area contributed by atoms with Gasteiger partial charge in [0.15, 0.2) is 0 Å². The Morgan fingerprint density at radius 1 is 1.05 bits per heavy atom. The van der Waals surface area contributed by atoms with Crippen LogP contribution in [0.5, 0.6) is 0 Å². The monoisotopic (exact) mass is 547 g/mol. The maximum Gasteiger partial charge on any atom is 0.267 e. The van der Waals surface area contributed by atoms with Crippen LogP contribution in [-0.2, 0) is 11.2 Å². The van der Waals surface area contributed by atoms with Crippen molar-refractivity contribution in [2.75, 3.05) is 0 Å². The molecule has 3 atom stereocenters. The van der Waals surface area contributed by atoms with Crippen molar-refractivity contribution in [2.24, 2.45) is 27.5 Å². The molecule has 3 rings (SSSR count). The van der Waals surface area contributed by atoms with Crippen molar-refractivity contribution >= 4 is 17.3 Å². The SMILES string of the molecule is CCCC(C)(CC)C(NC(=O)C(N)=C1CCCCC(Cc2ccc(C)cc2)C1=Nc1ccc(F)cc1)C(C)(C)C. The Morgan fingerprint density at radius 3 is 2.27 bits per heavy atom. The molecule has 1 aliphatic rings. The number of allylic oxidation sites excluding steroid dienone is 1. The van der Waals surface area contributed by atoms with E-state index in [-0.39, 0.29) is 40.2 Å². The van der Waals surface area contributed by atoms with Crippen LogP contribution in [0.15, 0.2) is 64.8 Å². The van der Waals surface area contributed by atoms with Gasteiger partial charge < -0.3 is 11.1 Å². The second kappa shape index (κ2) is 13.6. The molecule has 2 aromatic carbocycles. The minimum Gasteiger partial charge on any atom is -0.394 e. The first-order chi connectivity index (χ1) is 18.9. The molecule has 3 N–H and O–H groups in total. The zero-order valence-corrected chi connectivity index (χ0v) is 25.7. The minimum atomic E-state index is -0.296. The molecule has 0 saturated heterocycles. The molecule has 0 aliphatic heterocycles. The standard InChI is InChI=1S/C35H50FN3O/c1-8-22-35(7,9-2)33(34(4,5)6)39-32(40)30(37)29-13-11-10-12-26(23-25-16-14-24(3)15-17-25)31(29)38-28-20-18-27(36)19-21-28/h14-21,26,33H,8-13,22-23,37H2,1-7H3,(H,39,40). The van der Waals surface area contributed by atoms with Gasteiger partial charge in [0.2, 0.25) is 0 Å². The van der Waals surface area contributed by atoms with E-state index in [0.29, 0.717) is 12.1 Å². The number of hydrogen-bond acceptors (Lipinski definition) is 3. The van der Waals surface area contributed by atoms with Crippen LogP contribution in [0, 0.1) is 29.5 Å². The van der Waals surface area contributed by atoms with Crippen molar-refractivity contribution in [3.8, 4) is 0 Å². The van der Waals surface area contributed by atoms with Crippen molar-refractivity contribution in [2.45, 2.75) is 106 Å². The predicted molar refractivity (Wildman–Crippen MR) is 166 cm³/mol. The van der Waals surface area contributed by atoms with Crippen LogP contribution in [0.3, 0.4) is 0 Å². The molecule has 1 saturated carbocycles. The largest absolute Gasteiger partial charge is 0.394 e. The summed E-state index contributed by atoms with van der Waals surface area (Å²) in [5.41, 5.74) is 11.7. The number of nitrogens with one attached hydrogen (secondary N) is 1. The molecule has 0 heterocycles. The molecule has 1 aliphatic carbocycles. The Balaban J connectivity index is 2.07. The fourth-order valence-corrected chi connectivity index (χ4v) is 6.38. The van der Waals surface area contributed by atoms with Gasteiger partial charge in [-0.2, -0.15) is 0 Å². The Hall–Kier alpha value is -2.95. The van der Waals surface area contributed by atoms with Gasteiger partial charge in [0.25, 0.3) is 5.91 Å². The number of benzene rings is 2. The average Bonchev–Trinajstić information content (AvgIpc) is 3.10. The van der Waals surface area contributed by atoms with Crippen molar-refractivity contribution in [3.63, 3.8) is 0 Å². The van der Waals surface area contributed by atoms with Gasteiger partial charge in [0.1, 0.15) is 11.5 Å². The van der Waals surface area contributed by atoms with E-state index >= 15 is 0 Å². The quantitative estimate of drug-likeness (QED) is 0.244. The molecule has 0 bridgehead atoms. The zero-order chi connectivity index (χ0) is 29.5. The van der Waals surface area contributed by atoms with Gasteiger partial charge in [-0.1, -0.05) is 84.2 Å². The van der Waals surface area contributed by atoms with E-state index in [1.807, 2.05) is 0 Å². The number of hydrogen-bond donors (Lipinski definition) is 2. The van der Waals surface area contributed by atoms with Crippen LogP contribution in [0.4, 0.5) is 10.1 Å². The lowest BCUT2D eigenvalue weighted by molar-refractivity contribution is -0.120. The second-order valence-corrected chi connectivity index (χ2v) is 13.0. The molecule has 5 heteroatoms. The molecule has 1 fully saturated rings. The second-order valence-electron chi connectivity index (χ2n) is 13.0. The van der Waals surface area contributed by atoms with E-state index < -0.39 is 0 Å². The molecule has 0 radical (unpaired) electrons. The molecule has 40 heavy (non-hydrogen) atoms. The molecule has 4 nitrogen and oxygen atoms in total. The van der Waals surface area contributed by atoms with Crippen molar-refractivity contribution in [3.05, 3.63) is 76.7 Å². The van der Waals surface area contributed by atoms with Crippen LogP contribution in [0.1, 0.15) is 97.6 Å². The highest BCUT2D eigenvalue weighted by molar-refractivity contribution is 6.09. The Bertz CT molecular complexity index is 1190. The minimum absolute atomic E-state index is 0.0387. The normalized spacial score (nSPS) is 20.9. The van der Waals surface area contributed by atoms with Gasteiger partial charge >= 0.3 is 0 Å². The van der Waals surface area contributed by atoms with E-state index in [9.17, 15) is 9.18 Å². The molecule has 218 valence electrons. The van der Waals surface area contributed by atoms with Gasteiger partial charge in [-0.25, -0.2) is 4.39 Å². The smallest absolute Gasteiger partial charge is 0.267 e. The van der Waals surface area contributed by atoms with Gasteiger partial charge in [-0.05, 0) is 86.1 Å². The van der Waals surface area contributed by atoms with Crippen molar-refractivity contribution in [1.29, 1.82) is 0 Å². The summed E-state index contributed by atoms with van der Waals surface area (Å²) in [6.07, 6.45) is 7.50. The predicted octanol–water partition coefficient (Wildman–Crippen LogP) is 8.60. The topological polar surface area (TPSA) is 67.5 Å². The number of amides is 1. The first kappa shape index (κ1) is 31.6. The average molecular weight is 548 g/mol. The molecule has 3 unspecified atom stereocenters. The summed E-state index contributed by atoms with van der Waals surface area (Å²) in [5.74, 6) is -0.403. The fourth-order valence-electron chi connectivity index (χ4n) is 6.38. The number of halogens is 1. The molecule has 1 amide bonds. The Labute approximate surface area is 241 Å². The Morgan fingerprint density at radius 2 is 1.70 bits per heavy atom. The maximum absolute atomic E-state index is 13.9. The third-order valence-corrected chi connectivity index (χ3v) is 8.64. The maximum atomic E-state index is 13.9. The highest BCUT2D eigenvalue weighted by atomic mass is 19.1. The summed E-state index contributed by atoms with van der Waals surface area (Å²) in [6.45, 7) is 15.3. The lowest BCUT2D eigenvalue weighted by atomic mass is 9.66. The molecule has 0 spiro atoms. The number of carbonyl (C=O) groups is 1. The zero-order valence-electron chi connectivity index (χ0n) is 25.7. The highest BCUT2D eigenvalue weighted by Gasteiger charge is 2.41. The molecule has 0 aromatic heterocycles. The number of nitrogens with zero attached hydrogens (tertiary/aromatic N) is 1. The molecular weight excluding hydrogens is 497 g/mol. The van der Waals surface area contributed by atoms with Gasteiger partial charge in [-0.3, -0.25) is 9.79 Å². The number of aliphatic imine (C=N–C) groups is 1. The van der Waals surface area contributed by atoms with Crippen LogP contribution < -0.4 is 11.1 Å². The summed E-state index contributed by atoms with van der Waals surface area (Å²) in [4.78, 5) is 19.0. The third kappa shape index (κ3) is 8.05. The highest BCUT2D eigenvalue weighted by Crippen LogP contribution is 2.40. The molecular formula is C35H50FN3O. The van der Waals surface area contributed by atoms with Crippen LogP contribution in [-0.4, -0.2) is 17.7 Å². The number of nitrogens with two attached hydrogens (primary N) is 1. The van der Waals surface area contributed by atoms with E-state index in [1.165, 1.54) is 23.3 Å². The summed E-state index contributed by atoms with van der Waals surface area (Å²) in [7, 11) is 0. The van der Waals surface area contributed by atoms with Gasteiger partial charge in [0, 0.05) is 23.2 Å². The number of aryl methyl sites for hydroxylation is 1. The summed E-state index contributed by atoms with van der Waals surface area (Å²) in [6, 6.07) is 14.8. The van der Waals surface area contributed by atoms with Crippen LogP contribution in [0.2, 0.25) is 0 Å². The fraction of sp³-hybridized carbons (Fsp3) is 0.543. The third-order valence-electron chi connectivity index (χ3n) is 8.64. The summed E-state index contributed by atoms with van der Waals surface area (Å²) in [5, 5.41) is 3.39. The van der Waals surface area contributed by atoms with Gasteiger partial charge in [-0.15, -0.1) is 0 Å². The first-order valence-corrected chi connectivity index (χ1v) is 15.1. The first-order valence-electron chi connectivity index (χ1n) is 15.1. The van der Waals surface area contributed by atoms with Crippen LogP contribution in [0.25, 0.3) is 0 Å². The lowest BCUT2D eigenvalue weighted by Gasteiger charge is -2.45. The van der Waals surface area contributed by atoms with E-state index in [1.54, 1.807) is 12.1 Å². The van der Waals surface area contributed by atoms with E-state index in [0.717, 1.165) is 56.2 Å². The number of carbonyl (C=O) groups excluding carboxylic acids is 1. The van der Waals surface area contributed by atoms with E-state index in [2.05, 4.69) is 78.0 Å². The van der Waals surface area contributed by atoms with E-state index in [4.69, 9.17) is 10.7 Å². The summed E-state index contributed by atoms with van der Waals surface area (Å²) >= 11 is 0. The van der Waals surface area contributed by atoms with Crippen LogP contribution >= 0.6 is 0 Å². The van der Waals surface area contributed by atoms with Gasteiger partial charge in [0.05, 0.1) is 5.69 Å². The summed E-state index contributed by atoms with van der Waals surface area (Å²) < 4.78 is 13.7. The molecule has 2 aromatic rings.